The molecular formula is C31H21NO. The average Bonchev–Trinajstić information content (AvgIpc) is 3.29. The minimum absolute atomic E-state index is 0.788. The fourth-order valence-corrected chi connectivity index (χ4v) is 4.33. The van der Waals surface area contributed by atoms with Gasteiger partial charge in [0.05, 0.1) is 11.9 Å². The van der Waals surface area contributed by atoms with Crippen molar-refractivity contribution < 1.29 is 4.42 Å². The molecule has 0 fully saturated rings. The maximum Gasteiger partial charge on any atom is 0.153 e. The van der Waals surface area contributed by atoms with Gasteiger partial charge >= 0.3 is 0 Å². The highest BCUT2D eigenvalue weighted by Gasteiger charge is 2.18. The number of pyridine rings is 1. The Morgan fingerprint density at radius 1 is 0.485 bits per heavy atom. The van der Waals surface area contributed by atoms with Crippen molar-refractivity contribution >= 4 is 11.0 Å². The van der Waals surface area contributed by atoms with Crippen molar-refractivity contribution in [3.05, 3.63) is 128 Å². The quantitative estimate of drug-likeness (QED) is 0.284. The third-order valence-corrected chi connectivity index (χ3v) is 5.94. The van der Waals surface area contributed by atoms with Crippen LogP contribution in [-0.2, 0) is 0 Å². The molecule has 0 spiro atoms. The topological polar surface area (TPSA) is 26.0 Å². The molecule has 0 bridgehead atoms. The Balaban J connectivity index is 1.54. The summed E-state index contributed by atoms with van der Waals surface area (Å²) in [5.74, 6) is 0.869. The predicted octanol–water partition coefficient (Wildman–Crippen LogP) is 8.50. The number of rotatable bonds is 4. The summed E-state index contributed by atoms with van der Waals surface area (Å²) in [4.78, 5) is 4.76. The molecule has 0 aliphatic rings. The number of aromatic nitrogens is 1. The maximum absolute atomic E-state index is 6.36. The van der Waals surface area contributed by atoms with Crippen molar-refractivity contribution in [3.8, 4) is 44.8 Å². The van der Waals surface area contributed by atoms with Gasteiger partial charge in [-0.1, -0.05) is 109 Å². The molecule has 0 saturated heterocycles. The van der Waals surface area contributed by atoms with E-state index < -0.39 is 0 Å². The van der Waals surface area contributed by atoms with Crippen LogP contribution in [0.15, 0.2) is 132 Å². The number of benzene rings is 4. The maximum atomic E-state index is 6.36. The second kappa shape index (κ2) is 8.25. The molecule has 2 heteroatoms. The van der Waals surface area contributed by atoms with Crippen LogP contribution in [0.5, 0.6) is 0 Å². The fourth-order valence-electron chi connectivity index (χ4n) is 4.33. The van der Waals surface area contributed by atoms with E-state index in [-0.39, 0.29) is 0 Å². The van der Waals surface area contributed by atoms with Crippen molar-refractivity contribution in [1.29, 1.82) is 0 Å². The van der Waals surface area contributed by atoms with Gasteiger partial charge in [0.1, 0.15) is 5.76 Å². The first-order valence-electron chi connectivity index (χ1n) is 11.1. The van der Waals surface area contributed by atoms with Crippen molar-refractivity contribution in [2.75, 3.05) is 0 Å². The van der Waals surface area contributed by atoms with Crippen LogP contribution in [0.2, 0.25) is 0 Å². The summed E-state index contributed by atoms with van der Waals surface area (Å²) in [5.41, 5.74) is 8.45. The summed E-state index contributed by atoms with van der Waals surface area (Å²) in [5, 5.41) is 1.06. The first-order valence-corrected chi connectivity index (χ1v) is 11.1. The molecule has 0 radical (unpaired) electrons. The van der Waals surface area contributed by atoms with Crippen LogP contribution >= 0.6 is 0 Å². The number of hydrogen-bond donors (Lipinski definition) is 0. The molecule has 2 heterocycles. The Labute approximate surface area is 192 Å². The molecule has 0 aliphatic heterocycles. The Bertz CT molecular complexity index is 1530. The van der Waals surface area contributed by atoms with E-state index in [0.717, 1.165) is 44.7 Å². The van der Waals surface area contributed by atoms with E-state index >= 15 is 0 Å². The summed E-state index contributed by atoms with van der Waals surface area (Å²) in [6.45, 7) is 0. The van der Waals surface area contributed by atoms with Crippen LogP contribution in [0.4, 0.5) is 0 Å². The molecule has 0 saturated carbocycles. The summed E-state index contributed by atoms with van der Waals surface area (Å²) in [6, 6.07) is 41.8. The standard InChI is InChI=1S/C31H21NO/c1-4-11-22(12-5-1)25-17-10-18-26(19-25)28-20-27-29(21-32-28)33-31(24-15-8-3-9-16-24)30(27)23-13-6-2-7-14-23/h1-21H. The molecule has 2 nitrogen and oxygen atoms in total. The van der Waals surface area contributed by atoms with Gasteiger partial charge in [0, 0.05) is 22.1 Å². The van der Waals surface area contributed by atoms with Crippen LogP contribution in [-0.4, -0.2) is 4.98 Å². The SMILES string of the molecule is c1ccc(-c2cccc(-c3cc4c(-c5ccccc5)c(-c5ccccc5)oc4cn3)c2)cc1. The lowest BCUT2D eigenvalue weighted by Crippen LogP contribution is -1.86. The van der Waals surface area contributed by atoms with Gasteiger partial charge in [0.15, 0.2) is 5.58 Å². The Kier molecular flexibility index (Phi) is 4.82. The van der Waals surface area contributed by atoms with E-state index in [1.54, 1.807) is 0 Å². The molecule has 0 aliphatic carbocycles. The molecule has 0 unspecified atom stereocenters. The molecule has 6 rings (SSSR count). The highest BCUT2D eigenvalue weighted by molar-refractivity contribution is 6.02. The lowest BCUT2D eigenvalue weighted by Gasteiger charge is -2.07. The summed E-state index contributed by atoms with van der Waals surface area (Å²) >= 11 is 0. The Morgan fingerprint density at radius 3 is 1.76 bits per heavy atom. The first-order chi connectivity index (χ1) is 16.4. The minimum atomic E-state index is 0.788. The van der Waals surface area contributed by atoms with E-state index in [1.165, 1.54) is 11.1 Å². The van der Waals surface area contributed by atoms with E-state index in [2.05, 4.69) is 91.0 Å². The highest BCUT2D eigenvalue weighted by Crippen LogP contribution is 2.41. The molecule has 156 valence electrons. The largest absolute Gasteiger partial charge is 0.454 e. The predicted molar refractivity (Wildman–Crippen MR) is 136 cm³/mol. The molecule has 4 aromatic carbocycles. The third-order valence-electron chi connectivity index (χ3n) is 5.94. The molecule has 33 heavy (non-hydrogen) atoms. The number of nitrogens with zero attached hydrogens (tertiary/aromatic N) is 1. The van der Waals surface area contributed by atoms with Crippen LogP contribution < -0.4 is 0 Å². The van der Waals surface area contributed by atoms with Crippen LogP contribution in [0, 0.1) is 0 Å². The number of furan rings is 1. The van der Waals surface area contributed by atoms with Crippen molar-refractivity contribution in [3.63, 3.8) is 0 Å². The lowest BCUT2D eigenvalue weighted by atomic mass is 9.97. The second-order valence-corrected chi connectivity index (χ2v) is 8.05. The van der Waals surface area contributed by atoms with Gasteiger partial charge in [-0.15, -0.1) is 0 Å². The van der Waals surface area contributed by atoms with Crippen LogP contribution in [0.3, 0.4) is 0 Å². The summed E-state index contributed by atoms with van der Waals surface area (Å²) in [7, 11) is 0. The van der Waals surface area contributed by atoms with Gasteiger partial charge in [-0.3, -0.25) is 4.98 Å². The zero-order chi connectivity index (χ0) is 22.0. The van der Waals surface area contributed by atoms with E-state index in [1.807, 2.05) is 36.5 Å². The summed E-state index contributed by atoms with van der Waals surface area (Å²) in [6.07, 6.45) is 1.85. The molecule has 0 N–H and O–H groups in total. The zero-order valence-electron chi connectivity index (χ0n) is 18.0. The van der Waals surface area contributed by atoms with Crippen molar-refractivity contribution in [1.82, 2.24) is 4.98 Å². The second-order valence-electron chi connectivity index (χ2n) is 8.05. The van der Waals surface area contributed by atoms with E-state index in [4.69, 9.17) is 9.40 Å². The normalized spacial score (nSPS) is 11.0. The molecule has 2 aromatic heterocycles. The monoisotopic (exact) mass is 423 g/mol. The molecule has 0 amide bonds. The zero-order valence-corrected chi connectivity index (χ0v) is 18.0. The van der Waals surface area contributed by atoms with Gasteiger partial charge in [-0.25, -0.2) is 0 Å². The fraction of sp³-hybridized carbons (Fsp3) is 0. The van der Waals surface area contributed by atoms with Gasteiger partial charge in [0.25, 0.3) is 0 Å². The van der Waals surface area contributed by atoms with E-state index in [0.29, 0.717) is 0 Å². The van der Waals surface area contributed by atoms with Crippen molar-refractivity contribution in [2.24, 2.45) is 0 Å². The number of fused-ring (bicyclic) bond motifs is 1. The van der Waals surface area contributed by atoms with Gasteiger partial charge in [-0.2, -0.15) is 0 Å². The van der Waals surface area contributed by atoms with Gasteiger partial charge < -0.3 is 4.42 Å². The minimum Gasteiger partial charge on any atom is -0.454 e. The van der Waals surface area contributed by atoms with Crippen molar-refractivity contribution in [2.45, 2.75) is 0 Å². The summed E-state index contributed by atoms with van der Waals surface area (Å²) < 4.78 is 6.36. The average molecular weight is 424 g/mol. The third kappa shape index (κ3) is 3.62. The number of hydrogen-bond acceptors (Lipinski definition) is 2. The Morgan fingerprint density at radius 2 is 1.06 bits per heavy atom. The van der Waals surface area contributed by atoms with Gasteiger partial charge in [-0.05, 0) is 28.8 Å². The molecule has 0 atom stereocenters. The van der Waals surface area contributed by atoms with E-state index in [9.17, 15) is 0 Å². The molecule has 6 aromatic rings. The van der Waals surface area contributed by atoms with Crippen LogP contribution in [0.25, 0.3) is 55.8 Å². The van der Waals surface area contributed by atoms with Gasteiger partial charge in [0.2, 0.25) is 0 Å². The lowest BCUT2D eigenvalue weighted by molar-refractivity contribution is 0.631. The Hall–Kier alpha value is -4.43. The smallest absolute Gasteiger partial charge is 0.153 e. The van der Waals surface area contributed by atoms with Crippen LogP contribution in [0.1, 0.15) is 0 Å². The molecular weight excluding hydrogens is 402 g/mol. The first kappa shape index (κ1) is 19.3. The highest BCUT2D eigenvalue weighted by atomic mass is 16.3.